The van der Waals surface area contributed by atoms with Gasteiger partial charge in [0.15, 0.2) is 0 Å². The minimum atomic E-state index is 0.109. The molecule has 96 valence electrons. The third kappa shape index (κ3) is 4.24. The van der Waals surface area contributed by atoms with E-state index < -0.39 is 0 Å². The summed E-state index contributed by atoms with van der Waals surface area (Å²) in [6, 6.07) is 5.46. The molecule has 0 aliphatic heterocycles. The molecule has 0 bridgehead atoms. The standard InChI is InChI=1S/C13H21NO3/c1-10(14-7-4-8-16-2)12-6-5-11(17-3)9-13(12)15/h5-6,9-10,14-15H,4,7-8H2,1-3H3. The zero-order valence-electron chi connectivity index (χ0n) is 10.7. The molecule has 0 aromatic heterocycles. The van der Waals surface area contributed by atoms with Crippen LogP contribution in [0.5, 0.6) is 11.5 Å². The SMILES string of the molecule is COCCCNC(C)c1ccc(OC)cc1O. The van der Waals surface area contributed by atoms with Crippen molar-refractivity contribution >= 4 is 0 Å². The first kappa shape index (κ1) is 13.8. The Hall–Kier alpha value is -1.26. The van der Waals surface area contributed by atoms with E-state index in [4.69, 9.17) is 9.47 Å². The van der Waals surface area contributed by atoms with Crippen molar-refractivity contribution in [2.45, 2.75) is 19.4 Å². The van der Waals surface area contributed by atoms with Gasteiger partial charge in [0.1, 0.15) is 11.5 Å². The van der Waals surface area contributed by atoms with Crippen molar-refractivity contribution in [3.63, 3.8) is 0 Å². The van der Waals surface area contributed by atoms with E-state index in [-0.39, 0.29) is 11.8 Å². The first-order valence-electron chi connectivity index (χ1n) is 5.78. The predicted octanol–water partition coefficient (Wildman–Crippen LogP) is 2.09. The van der Waals surface area contributed by atoms with Crippen LogP contribution in [-0.4, -0.2) is 32.5 Å². The number of benzene rings is 1. The van der Waals surface area contributed by atoms with Crippen LogP contribution < -0.4 is 10.1 Å². The lowest BCUT2D eigenvalue weighted by molar-refractivity contribution is 0.193. The smallest absolute Gasteiger partial charge is 0.124 e. The highest BCUT2D eigenvalue weighted by Gasteiger charge is 2.10. The minimum Gasteiger partial charge on any atom is -0.507 e. The van der Waals surface area contributed by atoms with Crippen LogP contribution >= 0.6 is 0 Å². The number of rotatable bonds is 7. The number of phenols is 1. The number of hydrogen-bond acceptors (Lipinski definition) is 4. The van der Waals surface area contributed by atoms with Crippen LogP contribution in [0.25, 0.3) is 0 Å². The number of nitrogens with one attached hydrogen (secondary N) is 1. The lowest BCUT2D eigenvalue weighted by Gasteiger charge is -2.16. The van der Waals surface area contributed by atoms with Crippen LogP contribution in [-0.2, 0) is 4.74 Å². The Morgan fingerprint density at radius 1 is 1.35 bits per heavy atom. The lowest BCUT2D eigenvalue weighted by Crippen LogP contribution is -2.20. The Bertz CT molecular complexity index is 341. The second-order valence-corrected chi connectivity index (χ2v) is 3.95. The summed E-state index contributed by atoms with van der Waals surface area (Å²) >= 11 is 0. The molecule has 0 spiro atoms. The fourth-order valence-electron chi connectivity index (χ4n) is 1.66. The maximum Gasteiger partial charge on any atom is 0.124 e. The molecule has 4 heteroatoms. The van der Waals surface area contributed by atoms with Crippen molar-refractivity contribution < 1.29 is 14.6 Å². The molecule has 1 atom stereocenters. The van der Waals surface area contributed by atoms with Gasteiger partial charge in [-0.2, -0.15) is 0 Å². The van der Waals surface area contributed by atoms with Gasteiger partial charge < -0.3 is 19.9 Å². The minimum absolute atomic E-state index is 0.109. The molecule has 1 aromatic carbocycles. The molecule has 0 aliphatic rings. The number of aromatic hydroxyl groups is 1. The Kier molecular flexibility index (Phi) is 5.80. The molecule has 4 nitrogen and oxygen atoms in total. The first-order chi connectivity index (χ1) is 8.19. The average molecular weight is 239 g/mol. The molecule has 0 fully saturated rings. The van der Waals surface area contributed by atoms with Crippen molar-refractivity contribution in [3.05, 3.63) is 23.8 Å². The van der Waals surface area contributed by atoms with Crippen LogP contribution in [0.4, 0.5) is 0 Å². The van der Waals surface area contributed by atoms with Gasteiger partial charge in [-0.05, 0) is 26.0 Å². The monoisotopic (exact) mass is 239 g/mol. The summed E-state index contributed by atoms with van der Waals surface area (Å²) in [6.45, 7) is 3.63. The molecule has 0 amide bonds. The number of ether oxygens (including phenoxy) is 2. The van der Waals surface area contributed by atoms with E-state index in [1.54, 1.807) is 20.3 Å². The molecule has 0 heterocycles. The summed E-state index contributed by atoms with van der Waals surface area (Å²) in [5.41, 5.74) is 0.878. The first-order valence-corrected chi connectivity index (χ1v) is 5.78. The molecule has 0 radical (unpaired) electrons. The maximum absolute atomic E-state index is 9.85. The van der Waals surface area contributed by atoms with Gasteiger partial charge in [-0.1, -0.05) is 6.07 Å². The molecule has 1 rings (SSSR count). The van der Waals surface area contributed by atoms with Crippen molar-refractivity contribution in [1.29, 1.82) is 0 Å². The molecule has 0 saturated carbocycles. The lowest BCUT2D eigenvalue weighted by atomic mass is 10.1. The van der Waals surface area contributed by atoms with Crippen LogP contribution in [0.2, 0.25) is 0 Å². The molecule has 17 heavy (non-hydrogen) atoms. The van der Waals surface area contributed by atoms with Gasteiger partial charge in [0.25, 0.3) is 0 Å². The zero-order valence-corrected chi connectivity index (χ0v) is 10.7. The van der Waals surface area contributed by atoms with Crippen molar-refractivity contribution in [2.24, 2.45) is 0 Å². The van der Waals surface area contributed by atoms with Gasteiger partial charge in [-0.15, -0.1) is 0 Å². The van der Waals surface area contributed by atoms with E-state index in [0.717, 1.165) is 25.1 Å². The Balaban J connectivity index is 2.53. The van der Waals surface area contributed by atoms with E-state index in [1.807, 2.05) is 19.1 Å². The Morgan fingerprint density at radius 2 is 2.12 bits per heavy atom. The molecule has 0 saturated heterocycles. The van der Waals surface area contributed by atoms with Crippen LogP contribution in [0, 0.1) is 0 Å². The van der Waals surface area contributed by atoms with E-state index in [9.17, 15) is 5.11 Å². The second-order valence-electron chi connectivity index (χ2n) is 3.95. The number of phenolic OH excluding ortho intramolecular Hbond substituents is 1. The van der Waals surface area contributed by atoms with Gasteiger partial charge in [0.05, 0.1) is 7.11 Å². The van der Waals surface area contributed by atoms with Crippen LogP contribution in [0.1, 0.15) is 24.9 Å². The average Bonchev–Trinajstić information content (AvgIpc) is 2.34. The zero-order chi connectivity index (χ0) is 12.7. The van der Waals surface area contributed by atoms with E-state index >= 15 is 0 Å². The van der Waals surface area contributed by atoms with E-state index in [0.29, 0.717) is 5.75 Å². The van der Waals surface area contributed by atoms with Gasteiger partial charge in [-0.3, -0.25) is 0 Å². The second kappa shape index (κ2) is 7.14. The molecule has 1 aromatic rings. The summed E-state index contributed by atoms with van der Waals surface area (Å²) in [4.78, 5) is 0. The summed E-state index contributed by atoms with van der Waals surface area (Å²) in [5, 5.41) is 13.2. The normalized spacial score (nSPS) is 12.4. The third-order valence-electron chi connectivity index (χ3n) is 2.68. The number of hydrogen-bond donors (Lipinski definition) is 2. The van der Waals surface area contributed by atoms with Gasteiger partial charge >= 0.3 is 0 Å². The van der Waals surface area contributed by atoms with Crippen LogP contribution in [0.3, 0.4) is 0 Å². The van der Waals surface area contributed by atoms with E-state index in [2.05, 4.69) is 5.32 Å². The largest absolute Gasteiger partial charge is 0.507 e. The maximum atomic E-state index is 9.85. The topological polar surface area (TPSA) is 50.7 Å². The van der Waals surface area contributed by atoms with E-state index in [1.165, 1.54) is 0 Å². The molecular weight excluding hydrogens is 218 g/mol. The molecular formula is C13H21NO3. The number of methoxy groups -OCH3 is 2. The Labute approximate surface area is 103 Å². The Morgan fingerprint density at radius 3 is 2.71 bits per heavy atom. The van der Waals surface area contributed by atoms with Crippen molar-refractivity contribution in [2.75, 3.05) is 27.4 Å². The van der Waals surface area contributed by atoms with Gasteiger partial charge in [-0.25, -0.2) is 0 Å². The predicted molar refractivity (Wildman–Crippen MR) is 67.6 cm³/mol. The van der Waals surface area contributed by atoms with Crippen LogP contribution in [0.15, 0.2) is 18.2 Å². The molecule has 1 unspecified atom stereocenters. The summed E-state index contributed by atoms with van der Waals surface area (Å²) in [6.07, 6.45) is 0.956. The van der Waals surface area contributed by atoms with Gasteiger partial charge in [0, 0.05) is 31.4 Å². The third-order valence-corrected chi connectivity index (χ3v) is 2.68. The van der Waals surface area contributed by atoms with Gasteiger partial charge in [0.2, 0.25) is 0 Å². The highest BCUT2D eigenvalue weighted by molar-refractivity contribution is 5.41. The highest BCUT2D eigenvalue weighted by atomic mass is 16.5. The van der Waals surface area contributed by atoms with Crippen molar-refractivity contribution in [3.8, 4) is 11.5 Å². The fraction of sp³-hybridized carbons (Fsp3) is 0.538. The molecule has 0 aliphatic carbocycles. The quantitative estimate of drug-likeness (QED) is 0.715. The summed E-state index contributed by atoms with van der Waals surface area (Å²) < 4.78 is 10.0. The van der Waals surface area contributed by atoms with Crippen molar-refractivity contribution in [1.82, 2.24) is 5.32 Å². The summed E-state index contributed by atoms with van der Waals surface area (Å²) in [5.74, 6) is 0.925. The fourth-order valence-corrected chi connectivity index (χ4v) is 1.66. The molecule has 2 N–H and O–H groups in total. The summed E-state index contributed by atoms with van der Waals surface area (Å²) in [7, 11) is 3.28. The highest BCUT2D eigenvalue weighted by Crippen LogP contribution is 2.28.